The van der Waals surface area contributed by atoms with Crippen LogP contribution in [0.15, 0.2) is 42.6 Å². The second kappa shape index (κ2) is 6.73. The number of aryl methyl sites for hydroxylation is 1. The fourth-order valence-corrected chi connectivity index (χ4v) is 3.05. The molecule has 0 saturated carbocycles. The Morgan fingerprint density at radius 1 is 1.12 bits per heavy atom. The fraction of sp³-hybridized carbons (Fsp3) is 0.200. The molecule has 0 saturated heterocycles. The molecule has 0 bridgehead atoms. The zero-order chi connectivity index (χ0) is 18.1. The first-order valence-electron chi connectivity index (χ1n) is 8.02. The van der Waals surface area contributed by atoms with Crippen molar-refractivity contribution in [1.29, 1.82) is 0 Å². The number of carbonyl (C=O) groups excluding carboxylic acids is 1. The van der Waals surface area contributed by atoms with Crippen LogP contribution in [0.25, 0.3) is 10.8 Å². The number of rotatable bonds is 3. The summed E-state index contributed by atoms with van der Waals surface area (Å²) in [5.41, 5.74) is 3.84. The summed E-state index contributed by atoms with van der Waals surface area (Å²) in [6.45, 7) is 4.14. The Morgan fingerprint density at radius 2 is 1.84 bits per heavy atom. The van der Waals surface area contributed by atoms with E-state index < -0.39 is 0 Å². The summed E-state index contributed by atoms with van der Waals surface area (Å²) in [6, 6.07) is 11.7. The number of hydrogen-bond acceptors (Lipinski definition) is 3. The van der Waals surface area contributed by atoms with Crippen LogP contribution in [0.2, 0.25) is 5.02 Å². The molecular formula is C20H20ClN3O. The Labute approximate surface area is 152 Å². The summed E-state index contributed by atoms with van der Waals surface area (Å²) in [5.74, 6) is 0.561. The first kappa shape index (κ1) is 17.2. The standard InChI is InChI=1S/C20H20ClN3O/c1-12-7-5-10-17(13(12)2)23-19-14-8-6-9-16(21)18(14)15(11-22-19)20(25)24(3)4/h5-11H,1-4H3,(H,22,23). The normalized spacial score (nSPS) is 10.8. The van der Waals surface area contributed by atoms with Crippen molar-refractivity contribution in [3.8, 4) is 0 Å². The number of halogens is 1. The van der Waals surface area contributed by atoms with E-state index in [0.717, 1.165) is 16.6 Å². The summed E-state index contributed by atoms with van der Waals surface area (Å²) in [6.07, 6.45) is 1.59. The van der Waals surface area contributed by atoms with Crippen LogP contribution in [0.1, 0.15) is 21.5 Å². The molecule has 128 valence electrons. The molecule has 25 heavy (non-hydrogen) atoms. The average Bonchev–Trinajstić information content (AvgIpc) is 2.59. The van der Waals surface area contributed by atoms with Gasteiger partial charge in [-0.25, -0.2) is 4.98 Å². The summed E-state index contributed by atoms with van der Waals surface area (Å²) in [4.78, 5) is 18.5. The average molecular weight is 354 g/mol. The van der Waals surface area contributed by atoms with Gasteiger partial charge in [0.15, 0.2) is 0 Å². The second-order valence-electron chi connectivity index (χ2n) is 6.25. The van der Waals surface area contributed by atoms with Gasteiger partial charge in [0, 0.05) is 41.8 Å². The van der Waals surface area contributed by atoms with Gasteiger partial charge in [0.25, 0.3) is 5.91 Å². The Morgan fingerprint density at radius 3 is 2.56 bits per heavy atom. The second-order valence-corrected chi connectivity index (χ2v) is 6.66. The smallest absolute Gasteiger partial charge is 0.255 e. The number of hydrogen-bond donors (Lipinski definition) is 1. The van der Waals surface area contributed by atoms with Gasteiger partial charge in [-0.1, -0.05) is 35.9 Å². The Bertz CT molecular complexity index is 967. The van der Waals surface area contributed by atoms with E-state index >= 15 is 0 Å². The summed E-state index contributed by atoms with van der Waals surface area (Å²) >= 11 is 6.42. The molecule has 0 unspecified atom stereocenters. The lowest BCUT2D eigenvalue weighted by atomic mass is 10.0. The van der Waals surface area contributed by atoms with Crippen molar-refractivity contribution in [3.05, 3.63) is 64.3 Å². The van der Waals surface area contributed by atoms with E-state index in [1.165, 1.54) is 10.5 Å². The van der Waals surface area contributed by atoms with Crippen LogP contribution in [-0.4, -0.2) is 29.9 Å². The topological polar surface area (TPSA) is 45.2 Å². The van der Waals surface area contributed by atoms with E-state index in [9.17, 15) is 4.79 Å². The third-order valence-electron chi connectivity index (χ3n) is 4.36. The van der Waals surface area contributed by atoms with E-state index in [1.54, 1.807) is 26.4 Å². The highest BCUT2D eigenvalue weighted by Crippen LogP contribution is 2.33. The largest absolute Gasteiger partial charge is 0.345 e. The van der Waals surface area contributed by atoms with Crippen molar-refractivity contribution in [3.63, 3.8) is 0 Å². The number of nitrogens with one attached hydrogen (secondary N) is 1. The lowest BCUT2D eigenvalue weighted by molar-refractivity contribution is 0.0829. The molecular weight excluding hydrogens is 334 g/mol. The molecule has 1 amide bonds. The maximum absolute atomic E-state index is 12.5. The highest BCUT2D eigenvalue weighted by atomic mass is 35.5. The number of carbonyl (C=O) groups is 1. The Kier molecular flexibility index (Phi) is 4.64. The number of pyridine rings is 1. The predicted octanol–water partition coefficient (Wildman–Crippen LogP) is 4.95. The van der Waals surface area contributed by atoms with Crippen LogP contribution >= 0.6 is 11.6 Å². The van der Waals surface area contributed by atoms with E-state index in [0.29, 0.717) is 21.8 Å². The first-order valence-corrected chi connectivity index (χ1v) is 8.40. The zero-order valence-electron chi connectivity index (χ0n) is 14.7. The molecule has 1 heterocycles. The van der Waals surface area contributed by atoms with Gasteiger partial charge in [-0.2, -0.15) is 0 Å². The molecule has 1 N–H and O–H groups in total. The van der Waals surface area contributed by atoms with Crippen molar-refractivity contribution < 1.29 is 4.79 Å². The maximum atomic E-state index is 12.5. The Balaban J connectivity index is 2.18. The number of aromatic nitrogens is 1. The molecule has 4 nitrogen and oxygen atoms in total. The zero-order valence-corrected chi connectivity index (χ0v) is 15.5. The lowest BCUT2D eigenvalue weighted by Crippen LogP contribution is -2.22. The molecule has 0 radical (unpaired) electrons. The van der Waals surface area contributed by atoms with Gasteiger partial charge in [0.1, 0.15) is 5.82 Å². The monoisotopic (exact) mass is 353 g/mol. The van der Waals surface area contributed by atoms with Gasteiger partial charge in [-0.05, 0) is 37.1 Å². The molecule has 1 aromatic heterocycles. The first-order chi connectivity index (χ1) is 11.9. The Hall–Kier alpha value is -2.59. The van der Waals surface area contributed by atoms with Crippen LogP contribution < -0.4 is 5.32 Å². The molecule has 0 spiro atoms. The maximum Gasteiger partial charge on any atom is 0.255 e. The number of benzene rings is 2. The highest BCUT2D eigenvalue weighted by Gasteiger charge is 2.17. The van der Waals surface area contributed by atoms with Crippen LogP contribution in [0.4, 0.5) is 11.5 Å². The molecule has 0 aliphatic rings. The van der Waals surface area contributed by atoms with Gasteiger partial charge in [0.2, 0.25) is 0 Å². The van der Waals surface area contributed by atoms with E-state index in [4.69, 9.17) is 11.6 Å². The number of anilines is 2. The summed E-state index contributed by atoms with van der Waals surface area (Å²) in [5, 5.41) is 5.45. The van der Waals surface area contributed by atoms with Gasteiger partial charge < -0.3 is 10.2 Å². The van der Waals surface area contributed by atoms with E-state index in [1.807, 2.05) is 24.3 Å². The third-order valence-corrected chi connectivity index (χ3v) is 4.67. The van der Waals surface area contributed by atoms with Gasteiger partial charge in [-0.15, -0.1) is 0 Å². The van der Waals surface area contributed by atoms with Crippen LogP contribution in [0, 0.1) is 13.8 Å². The molecule has 0 aliphatic carbocycles. The minimum Gasteiger partial charge on any atom is -0.345 e. The van der Waals surface area contributed by atoms with Crippen LogP contribution in [0.5, 0.6) is 0 Å². The van der Waals surface area contributed by atoms with Gasteiger partial charge in [0.05, 0.1) is 5.56 Å². The van der Waals surface area contributed by atoms with Gasteiger partial charge >= 0.3 is 0 Å². The summed E-state index contributed by atoms with van der Waals surface area (Å²) < 4.78 is 0. The lowest BCUT2D eigenvalue weighted by Gasteiger charge is -2.17. The highest BCUT2D eigenvalue weighted by molar-refractivity contribution is 6.37. The van der Waals surface area contributed by atoms with Crippen molar-refractivity contribution in [2.75, 3.05) is 19.4 Å². The molecule has 3 aromatic rings. The molecule has 0 atom stereocenters. The number of nitrogens with zero attached hydrogens (tertiary/aromatic N) is 2. The van der Waals surface area contributed by atoms with Crippen LogP contribution in [-0.2, 0) is 0 Å². The van der Waals surface area contributed by atoms with Crippen molar-refractivity contribution >= 4 is 39.8 Å². The minimum atomic E-state index is -0.121. The third kappa shape index (κ3) is 3.17. The van der Waals surface area contributed by atoms with Gasteiger partial charge in [-0.3, -0.25) is 4.79 Å². The molecule has 5 heteroatoms. The minimum absolute atomic E-state index is 0.121. The molecule has 0 aliphatic heterocycles. The fourth-order valence-electron chi connectivity index (χ4n) is 2.78. The summed E-state index contributed by atoms with van der Waals surface area (Å²) in [7, 11) is 3.43. The van der Waals surface area contributed by atoms with E-state index in [-0.39, 0.29) is 5.91 Å². The molecule has 0 fully saturated rings. The quantitative estimate of drug-likeness (QED) is 0.724. The van der Waals surface area contributed by atoms with Crippen LogP contribution in [0.3, 0.4) is 0 Å². The number of amides is 1. The van der Waals surface area contributed by atoms with Crippen molar-refractivity contribution in [2.45, 2.75) is 13.8 Å². The van der Waals surface area contributed by atoms with Crippen molar-refractivity contribution in [2.24, 2.45) is 0 Å². The molecule has 2 aromatic carbocycles. The number of fused-ring (bicyclic) bond motifs is 1. The SMILES string of the molecule is Cc1cccc(Nc2ncc(C(=O)N(C)C)c3c(Cl)cccc23)c1C. The van der Waals surface area contributed by atoms with E-state index in [2.05, 4.69) is 30.2 Å². The predicted molar refractivity (Wildman–Crippen MR) is 104 cm³/mol. The van der Waals surface area contributed by atoms with Crippen molar-refractivity contribution in [1.82, 2.24) is 9.88 Å². The molecule has 3 rings (SSSR count).